The number of alkyl halides is 3. The van der Waals surface area contributed by atoms with Gasteiger partial charge in [0.15, 0.2) is 5.69 Å². The number of carboxylic acid groups (broad SMARTS) is 1. The highest BCUT2D eigenvalue weighted by molar-refractivity contribution is 6.30. The van der Waals surface area contributed by atoms with Crippen LogP contribution in [0.3, 0.4) is 0 Å². The molecule has 5 rings (SSSR count). The Bertz CT molecular complexity index is 1490. The van der Waals surface area contributed by atoms with E-state index in [0.29, 0.717) is 24.2 Å². The van der Waals surface area contributed by atoms with Crippen LogP contribution in [0.15, 0.2) is 59.3 Å². The summed E-state index contributed by atoms with van der Waals surface area (Å²) in [7, 11) is 0. The summed E-state index contributed by atoms with van der Waals surface area (Å²) in [6.45, 7) is 1.75. The van der Waals surface area contributed by atoms with E-state index in [9.17, 15) is 23.1 Å². The first-order chi connectivity index (χ1) is 19.1. The van der Waals surface area contributed by atoms with Crippen molar-refractivity contribution < 1.29 is 32.7 Å². The lowest BCUT2D eigenvalue weighted by molar-refractivity contribution is -0.142. The summed E-state index contributed by atoms with van der Waals surface area (Å²) < 4.78 is 48.1. The van der Waals surface area contributed by atoms with Crippen molar-refractivity contribution in [3.8, 4) is 28.5 Å². The molecule has 1 aliphatic rings. The molecule has 0 radical (unpaired) electrons. The molecular weight excluding hydrogens is 551 g/mol. The van der Waals surface area contributed by atoms with Crippen molar-refractivity contribution in [1.29, 1.82) is 0 Å². The van der Waals surface area contributed by atoms with Crippen LogP contribution in [0, 0.1) is 5.92 Å². The van der Waals surface area contributed by atoms with E-state index in [-0.39, 0.29) is 40.3 Å². The van der Waals surface area contributed by atoms with Gasteiger partial charge in [-0.3, -0.25) is 4.79 Å². The average Bonchev–Trinajstić information content (AvgIpc) is 3.56. The Kier molecular flexibility index (Phi) is 7.92. The Labute approximate surface area is 231 Å². The van der Waals surface area contributed by atoms with Crippen molar-refractivity contribution in [2.24, 2.45) is 5.92 Å². The third-order valence-electron chi connectivity index (χ3n) is 6.80. The quantitative estimate of drug-likeness (QED) is 0.284. The third kappa shape index (κ3) is 6.19. The molecule has 13 heteroatoms. The standard InChI is InChI=1S/C27H25ClF3N5O4/c28-19-4-1-5-20(12-19)36-24(27(29,30)31)21(13-32-36)26-33-25(34-40-26)18-8-6-17(7-9-18)22(37)15-35-10-2-3-16(14-35)11-23(38)39/h1,4-9,12-13,16,22,37H,2-3,10-11,14-15H2,(H,38,39)/t16-,22+/m1/s1. The minimum atomic E-state index is -4.78. The second kappa shape index (κ2) is 11.4. The van der Waals surface area contributed by atoms with Crippen LogP contribution < -0.4 is 0 Å². The minimum absolute atomic E-state index is 0.0590. The lowest BCUT2D eigenvalue weighted by Crippen LogP contribution is -2.38. The molecule has 0 bridgehead atoms. The highest BCUT2D eigenvalue weighted by Gasteiger charge is 2.40. The van der Waals surface area contributed by atoms with E-state index < -0.39 is 23.9 Å². The van der Waals surface area contributed by atoms with Gasteiger partial charge in [0, 0.05) is 30.1 Å². The van der Waals surface area contributed by atoms with Gasteiger partial charge in [-0.05, 0) is 49.1 Å². The van der Waals surface area contributed by atoms with Crippen LogP contribution in [0.4, 0.5) is 13.2 Å². The zero-order valence-electron chi connectivity index (χ0n) is 21.1. The monoisotopic (exact) mass is 575 g/mol. The van der Waals surface area contributed by atoms with E-state index in [1.54, 1.807) is 30.3 Å². The number of β-amino-alcohol motifs (C(OH)–C–C–N with tert-alkyl or cyclic N) is 1. The van der Waals surface area contributed by atoms with Crippen LogP contribution in [0.2, 0.25) is 5.02 Å². The number of aliphatic hydroxyl groups is 1. The maximum Gasteiger partial charge on any atom is 0.434 e. The second-order valence-electron chi connectivity index (χ2n) is 9.72. The molecule has 2 atom stereocenters. The van der Waals surface area contributed by atoms with Gasteiger partial charge in [-0.25, -0.2) is 4.68 Å². The molecule has 1 fully saturated rings. The lowest BCUT2D eigenvalue weighted by Gasteiger charge is -2.33. The minimum Gasteiger partial charge on any atom is -0.481 e. The van der Waals surface area contributed by atoms with Crippen molar-refractivity contribution in [1.82, 2.24) is 24.8 Å². The van der Waals surface area contributed by atoms with Gasteiger partial charge in [-0.15, -0.1) is 0 Å². The summed E-state index contributed by atoms with van der Waals surface area (Å²) in [4.78, 5) is 17.3. The van der Waals surface area contributed by atoms with Gasteiger partial charge in [0.1, 0.15) is 0 Å². The maximum absolute atomic E-state index is 14.1. The molecule has 2 aromatic heterocycles. The number of halogens is 4. The Hall–Kier alpha value is -3.74. The van der Waals surface area contributed by atoms with Gasteiger partial charge in [-0.1, -0.05) is 47.1 Å². The number of carboxylic acids is 1. The van der Waals surface area contributed by atoms with E-state index in [1.165, 1.54) is 18.2 Å². The molecule has 0 saturated carbocycles. The molecule has 4 aromatic rings. The Balaban J connectivity index is 1.32. The predicted octanol–water partition coefficient (Wildman–Crippen LogP) is 5.48. The number of aliphatic carboxylic acids is 1. The van der Waals surface area contributed by atoms with Crippen LogP contribution >= 0.6 is 11.6 Å². The Morgan fingerprint density at radius 3 is 2.67 bits per heavy atom. The number of likely N-dealkylation sites (tertiary alicyclic amines) is 1. The van der Waals surface area contributed by atoms with Crippen molar-refractivity contribution in [2.75, 3.05) is 19.6 Å². The van der Waals surface area contributed by atoms with Crippen LogP contribution in [-0.2, 0) is 11.0 Å². The number of benzene rings is 2. The smallest absolute Gasteiger partial charge is 0.434 e. The number of aromatic nitrogens is 4. The fourth-order valence-electron chi connectivity index (χ4n) is 4.97. The first kappa shape index (κ1) is 27.8. The molecule has 0 unspecified atom stereocenters. The summed E-state index contributed by atoms with van der Waals surface area (Å²) in [5.41, 5.74) is -0.203. The van der Waals surface area contributed by atoms with Crippen LogP contribution in [-0.4, -0.2) is 60.6 Å². The average molecular weight is 576 g/mol. The third-order valence-corrected chi connectivity index (χ3v) is 7.03. The SMILES string of the molecule is O=C(O)C[C@H]1CCCN(C[C@H](O)c2ccc(-c3noc(-c4cnn(-c5cccc(Cl)c5)c4C(F)(F)F)n3)cc2)C1. The fraction of sp³-hybridized carbons (Fsp3) is 0.333. The van der Waals surface area contributed by atoms with Gasteiger partial charge in [0.25, 0.3) is 5.89 Å². The molecule has 2 N–H and O–H groups in total. The van der Waals surface area contributed by atoms with Gasteiger partial charge >= 0.3 is 12.1 Å². The Morgan fingerprint density at radius 2 is 1.98 bits per heavy atom. The maximum atomic E-state index is 14.1. The number of nitrogens with zero attached hydrogens (tertiary/aromatic N) is 5. The number of rotatable bonds is 8. The van der Waals surface area contributed by atoms with E-state index in [4.69, 9.17) is 21.2 Å². The number of piperidine rings is 1. The highest BCUT2D eigenvalue weighted by atomic mass is 35.5. The van der Waals surface area contributed by atoms with E-state index in [1.807, 2.05) is 0 Å². The number of aliphatic hydroxyl groups excluding tert-OH is 1. The van der Waals surface area contributed by atoms with Crippen LogP contribution in [0.5, 0.6) is 0 Å². The molecular formula is C27H25ClF3N5O4. The fourth-order valence-corrected chi connectivity index (χ4v) is 5.15. The molecule has 3 heterocycles. The number of hydrogen-bond donors (Lipinski definition) is 2. The van der Waals surface area contributed by atoms with Crippen LogP contribution in [0.25, 0.3) is 28.5 Å². The zero-order chi connectivity index (χ0) is 28.4. The summed E-state index contributed by atoms with van der Waals surface area (Å²) >= 11 is 5.96. The summed E-state index contributed by atoms with van der Waals surface area (Å²) in [6, 6.07) is 12.6. The second-order valence-corrected chi connectivity index (χ2v) is 10.2. The van der Waals surface area contributed by atoms with Gasteiger partial charge in [-0.2, -0.15) is 23.3 Å². The van der Waals surface area contributed by atoms with E-state index >= 15 is 0 Å². The molecule has 40 heavy (non-hydrogen) atoms. The van der Waals surface area contributed by atoms with Crippen LogP contribution in [0.1, 0.15) is 36.6 Å². The molecule has 210 valence electrons. The molecule has 2 aromatic carbocycles. The normalized spacial score (nSPS) is 17.2. The van der Waals surface area contributed by atoms with Gasteiger partial charge < -0.3 is 19.6 Å². The number of carbonyl (C=O) groups is 1. The predicted molar refractivity (Wildman–Crippen MR) is 139 cm³/mol. The first-order valence-corrected chi connectivity index (χ1v) is 12.9. The summed E-state index contributed by atoms with van der Waals surface area (Å²) in [6.07, 6.45) is -2.72. The van der Waals surface area contributed by atoms with Gasteiger partial charge in [0.05, 0.1) is 23.6 Å². The largest absolute Gasteiger partial charge is 0.481 e. The molecule has 0 aliphatic carbocycles. The van der Waals surface area contributed by atoms with Crippen molar-refractivity contribution in [3.05, 3.63) is 71.0 Å². The number of hydrogen-bond acceptors (Lipinski definition) is 7. The molecule has 9 nitrogen and oxygen atoms in total. The zero-order valence-corrected chi connectivity index (χ0v) is 21.8. The molecule has 0 amide bonds. The van der Waals surface area contributed by atoms with Crippen molar-refractivity contribution in [3.63, 3.8) is 0 Å². The van der Waals surface area contributed by atoms with Gasteiger partial charge in [0.2, 0.25) is 5.82 Å². The topological polar surface area (TPSA) is 118 Å². The molecule has 0 spiro atoms. The van der Waals surface area contributed by atoms with Crippen molar-refractivity contribution in [2.45, 2.75) is 31.5 Å². The first-order valence-electron chi connectivity index (χ1n) is 12.6. The lowest BCUT2D eigenvalue weighted by atomic mass is 9.94. The van der Waals surface area contributed by atoms with E-state index in [0.717, 1.165) is 30.3 Å². The molecule has 1 aliphatic heterocycles. The molecule has 1 saturated heterocycles. The summed E-state index contributed by atoms with van der Waals surface area (Å²) in [5.74, 6) is -1.03. The summed E-state index contributed by atoms with van der Waals surface area (Å²) in [5, 5.41) is 27.8. The Morgan fingerprint density at radius 1 is 1.20 bits per heavy atom. The van der Waals surface area contributed by atoms with E-state index in [2.05, 4.69) is 20.1 Å². The highest BCUT2D eigenvalue weighted by Crippen LogP contribution is 2.38. The van der Waals surface area contributed by atoms with Crippen molar-refractivity contribution >= 4 is 17.6 Å².